The number of para-hydroxylation sites is 1. The zero-order chi connectivity index (χ0) is 19.5. The Kier molecular flexibility index (Phi) is 5.57. The number of hydrogen-bond donors (Lipinski definition) is 1. The number of aryl methyl sites for hydroxylation is 1. The molecule has 0 unspecified atom stereocenters. The van der Waals surface area contributed by atoms with Crippen LogP contribution >= 0.6 is 11.8 Å². The van der Waals surface area contributed by atoms with Crippen LogP contribution in [0.5, 0.6) is 0 Å². The second kappa shape index (κ2) is 8.27. The minimum absolute atomic E-state index is 0.0413. The van der Waals surface area contributed by atoms with Crippen molar-refractivity contribution in [3.63, 3.8) is 0 Å². The molecule has 4 nitrogen and oxygen atoms in total. The lowest BCUT2D eigenvalue weighted by molar-refractivity contribution is -0.119. The summed E-state index contributed by atoms with van der Waals surface area (Å²) in [6.07, 6.45) is 4.52. The monoisotopic (exact) mass is 395 g/mol. The molecule has 0 bridgehead atoms. The largest absolute Gasteiger partial charge is 0.353 e. The Morgan fingerprint density at radius 3 is 2.64 bits per heavy atom. The van der Waals surface area contributed by atoms with Crippen molar-refractivity contribution in [3.05, 3.63) is 53.8 Å². The second-order valence-electron chi connectivity index (χ2n) is 7.17. The highest BCUT2D eigenvalue weighted by Crippen LogP contribution is 2.30. The molecule has 4 rings (SSSR count). The summed E-state index contributed by atoms with van der Waals surface area (Å²) in [5.41, 5.74) is 2.65. The van der Waals surface area contributed by atoms with E-state index < -0.39 is 0 Å². The molecule has 1 saturated carbocycles. The summed E-state index contributed by atoms with van der Waals surface area (Å²) in [4.78, 5) is 21.7. The Hall–Kier alpha value is -2.47. The molecule has 1 amide bonds. The van der Waals surface area contributed by atoms with Crippen LogP contribution in [0.2, 0.25) is 0 Å². The van der Waals surface area contributed by atoms with Gasteiger partial charge in [-0.2, -0.15) is 0 Å². The quantitative estimate of drug-likeness (QED) is 0.493. The van der Waals surface area contributed by atoms with Crippen LogP contribution in [-0.2, 0) is 4.79 Å². The summed E-state index contributed by atoms with van der Waals surface area (Å²) in [7, 11) is 0. The first-order chi connectivity index (χ1) is 13.6. The Bertz CT molecular complexity index is 1000. The molecule has 28 heavy (non-hydrogen) atoms. The molecule has 0 saturated heterocycles. The van der Waals surface area contributed by atoms with Gasteiger partial charge in [-0.25, -0.2) is 14.4 Å². The van der Waals surface area contributed by atoms with Crippen molar-refractivity contribution in [2.75, 3.05) is 5.75 Å². The molecule has 1 N–H and O–H groups in total. The summed E-state index contributed by atoms with van der Waals surface area (Å²) in [6.45, 7) is 2.00. The predicted molar refractivity (Wildman–Crippen MR) is 111 cm³/mol. The van der Waals surface area contributed by atoms with E-state index in [1.165, 1.54) is 36.7 Å². The molecule has 1 fully saturated rings. The fraction of sp³-hybridized carbons (Fsp3) is 0.318. The molecular formula is C22H22FN3OS. The number of carbonyl (C=O) groups is 1. The van der Waals surface area contributed by atoms with Gasteiger partial charge in [0.1, 0.15) is 10.8 Å². The molecule has 6 heteroatoms. The summed E-state index contributed by atoms with van der Waals surface area (Å²) in [5, 5.41) is 4.82. The van der Waals surface area contributed by atoms with E-state index in [1.54, 1.807) is 12.1 Å². The van der Waals surface area contributed by atoms with E-state index in [1.807, 2.05) is 25.1 Å². The third-order valence-electron chi connectivity index (χ3n) is 5.06. The molecule has 1 aliphatic rings. The Morgan fingerprint density at radius 2 is 1.89 bits per heavy atom. The number of carbonyl (C=O) groups excluding carboxylic acids is 1. The number of fused-ring (bicyclic) bond motifs is 1. The van der Waals surface area contributed by atoms with Gasteiger partial charge in [0.15, 0.2) is 5.82 Å². The molecule has 0 atom stereocenters. The number of aromatic nitrogens is 2. The minimum Gasteiger partial charge on any atom is -0.353 e. The highest BCUT2D eigenvalue weighted by atomic mass is 32.2. The van der Waals surface area contributed by atoms with E-state index in [4.69, 9.17) is 9.97 Å². The van der Waals surface area contributed by atoms with E-state index >= 15 is 0 Å². The Balaban J connectivity index is 1.63. The van der Waals surface area contributed by atoms with Crippen LogP contribution < -0.4 is 5.32 Å². The van der Waals surface area contributed by atoms with Crippen LogP contribution in [0.15, 0.2) is 47.5 Å². The standard InChI is InChI=1S/C22H22FN3OS/c1-14-5-4-8-18-20(14)25-21(15-9-11-16(23)12-10-15)26-22(18)28-13-19(27)24-17-6-2-3-7-17/h4-5,8-12,17H,2-3,6-7,13H2,1H3,(H,24,27). The van der Waals surface area contributed by atoms with Gasteiger partial charge < -0.3 is 5.32 Å². The van der Waals surface area contributed by atoms with Crippen LogP contribution in [0.3, 0.4) is 0 Å². The first kappa shape index (κ1) is 18.9. The fourth-order valence-corrected chi connectivity index (χ4v) is 4.40. The highest BCUT2D eigenvalue weighted by molar-refractivity contribution is 8.00. The second-order valence-corrected chi connectivity index (χ2v) is 8.13. The number of amides is 1. The number of thioether (sulfide) groups is 1. The van der Waals surface area contributed by atoms with Crippen molar-refractivity contribution in [2.45, 2.75) is 43.7 Å². The lowest BCUT2D eigenvalue weighted by Gasteiger charge is -2.13. The van der Waals surface area contributed by atoms with Gasteiger partial charge in [0.05, 0.1) is 11.3 Å². The van der Waals surface area contributed by atoms with E-state index in [0.717, 1.165) is 39.9 Å². The third-order valence-corrected chi connectivity index (χ3v) is 6.05. The van der Waals surface area contributed by atoms with Gasteiger partial charge in [-0.15, -0.1) is 0 Å². The minimum atomic E-state index is -0.293. The van der Waals surface area contributed by atoms with Crippen molar-refractivity contribution >= 4 is 28.6 Å². The van der Waals surface area contributed by atoms with Crippen molar-refractivity contribution in [2.24, 2.45) is 0 Å². The molecule has 1 aliphatic carbocycles. The number of rotatable bonds is 5. The first-order valence-corrected chi connectivity index (χ1v) is 10.5. The van der Waals surface area contributed by atoms with Crippen molar-refractivity contribution in [1.82, 2.24) is 15.3 Å². The maximum absolute atomic E-state index is 13.3. The average molecular weight is 396 g/mol. The Morgan fingerprint density at radius 1 is 1.14 bits per heavy atom. The van der Waals surface area contributed by atoms with Gasteiger partial charge in [0, 0.05) is 17.0 Å². The van der Waals surface area contributed by atoms with E-state index in [2.05, 4.69) is 5.32 Å². The summed E-state index contributed by atoms with van der Waals surface area (Å²) in [5.74, 6) is 0.610. The van der Waals surface area contributed by atoms with Gasteiger partial charge in [0.25, 0.3) is 0 Å². The number of hydrogen-bond acceptors (Lipinski definition) is 4. The van der Waals surface area contributed by atoms with Gasteiger partial charge in [-0.1, -0.05) is 42.8 Å². The summed E-state index contributed by atoms with van der Waals surface area (Å²) < 4.78 is 13.3. The molecule has 0 aliphatic heterocycles. The molecule has 0 spiro atoms. The predicted octanol–water partition coefficient (Wildman–Crippen LogP) is 4.90. The van der Waals surface area contributed by atoms with Crippen LogP contribution in [0.25, 0.3) is 22.3 Å². The van der Waals surface area contributed by atoms with Crippen molar-refractivity contribution < 1.29 is 9.18 Å². The van der Waals surface area contributed by atoms with Crippen LogP contribution in [0.1, 0.15) is 31.2 Å². The lowest BCUT2D eigenvalue weighted by atomic mass is 10.1. The van der Waals surface area contributed by atoms with E-state index in [0.29, 0.717) is 17.6 Å². The fourth-order valence-electron chi connectivity index (χ4n) is 3.58. The highest BCUT2D eigenvalue weighted by Gasteiger charge is 2.18. The number of benzene rings is 2. The smallest absolute Gasteiger partial charge is 0.230 e. The van der Waals surface area contributed by atoms with E-state index in [-0.39, 0.29) is 11.7 Å². The third kappa shape index (κ3) is 4.17. The van der Waals surface area contributed by atoms with Gasteiger partial charge in [0.2, 0.25) is 5.91 Å². The zero-order valence-electron chi connectivity index (χ0n) is 15.7. The lowest BCUT2D eigenvalue weighted by Crippen LogP contribution is -2.33. The maximum Gasteiger partial charge on any atom is 0.230 e. The van der Waals surface area contributed by atoms with Crippen molar-refractivity contribution in [1.29, 1.82) is 0 Å². The molecule has 2 aromatic carbocycles. The van der Waals surface area contributed by atoms with Gasteiger partial charge in [-0.3, -0.25) is 4.79 Å². The normalized spacial score (nSPS) is 14.5. The van der Waals surface area contributed by atoms with Crippen LogP contribution in [0, 0.1) is 12.7 Å². The zero-order valence-corrected chi connectivity index (χ0v) is 16.6. The Labute approximate surface area is 168 Å². The molecule has 1 aromatic heterocycles. The molecule has 0 radical (unpaired) electrons. The topological polar surface area (TPSA) is 54.9 Å². The molecule has 144 valence electrons. The molecule has 1 heterocycles. The average Bonchev–Trinajstić information content (AvgIpc) is 3.20. The van der Waals surface area contributed by atoms with Crippen molar-refractivity contribution in [3.8, 4) is 11.4 Å². The molecule has 3 aromatic rings. The summed E-state index contributed by atoms with van der Waals surface area (Å²) in [6, 6.07) is 12.4. The number of halogens is 1. The number of nitrogens with one attached hydrogen (secondary N) is 1. The maximum atomic E-state index is 13.3. The van der Waals surface area contributed by atoms with Gasteiger partial charge in [-0.05, 0) is 49.6 Å². The van der Waals surface area contributed by atoms with E-state index in [9.17, 15) is 9.18 Å². The SMILES string of the molecule is Cc1cccc2c(SCC(=O)NC3CCCC3)nc(-c3ccc(F)cc3)nc12. The first-order valence-electron chi connectivity index (χ1n) is 9.55. The van der Waals surface area contributed by atoms with Crippen LogP contribution in [-0.4, -0.2) is 27.7 Å². The van der Waals surface area contributed by atoms with Crippen LogP contribution in [0.4, 0.5) is 4.39 Å². The van der Waals surface area contributed by atoms with Gasteiger partial charge >= 0.3 is 0 Å². The number of nitrogens with zero attached hydrogens (tertiary/aromatic N) is 2. The molecular weight excluding hydrogens is 373 g/mol. The summed E-state index contributed by atoms with van der Waals surface area (Å²) >= 11 is 1.42.